The number of nitrogens with one attached hydrogen (secondary N) is 3. The van der Waals surface area contributed by atoms with E-state index < -0.39 is 35.8 Å². The molecule has 2 aromatic carbocycles. The average Bonchev–Trinajstić information content (AvgIpc) is 3.66. The van der Waals surface area contributed by atoms with Gasteiger partial charge in [-0.2, -0.15) is 5.48 Å². The van der Waals surface area contributed by atoms with Gasteiger partial charge in [-0.15, -0.1) is 0 Å². The summed E-state index contributed by atoms with van der Waals surface area (Å²) in [6, 6.07) is 16.3. The van der Waals surface area contributed by atoms with Crippen molar-refractivity contribution < 1.29 is 47.8 Å². The van der Waals surface area contributed by atoms with E-state index in [0.717, 1.165) is 36.8 Å². The maximum atomic E-state index is 13.8. The van der Waals surface area contributed by atoms with Crippen LogP contribution in [0.25, 0.3) is 0 Å². The van der Waals surface area contributed by atoms with Crippen molar-refractivity contribution >= 4 is 29.6 Å². The summed E-state index contributed by atoms with van der Waals surface area (Å²) >= 11 is 0. The predicted molar refractivity (Wildman–Crippen MR) is 196 cm³/mol. The number of unbranched alkanes of at least 4 members (excludes halogenated alkanes) is 2. The molecule has 4 amide bonds. The molecule has 0 spiro atoms. The molecule has 1 fully saturated rings. The maximum absolute atomic E-state index is 13.8. The van der Waals surface area contributed by atoms with E-state index in [1.807, 2.05) is 42.5 Å². The smallest absolute Gasteiger partial charge is 0.354 e. The van der Waals surface area contributed by atoms with Crippen molar-refractivity contribution in [2.24, 2.45) is 0 Å². The Hall–Kier alpha value is -4.37. The monoisotopic (exact) mass is 740 g/mol. The van der Waals surface area contributed by atoms with E-state index in [2.05, 4.69) is 28.2 Å². The van der Waals surface area contributed by atoms with Crippen LogP contribution in [0, 0.1) is 0 Å². The zero-order valence-corrected chi connectivity index (χ0v) is 31.1. The van der Waals surface area contributed by atoms with Gasteiger partial charge in [0.05, 0.1) is 32.8 Å². The number of aryl methyl sites for hydroxylation is 2. The van der Waals surface area contributed by atoms with Crippen LogP contribution in [0.15, 0.2) is 54.6 Å². The highest BCUT2D eigenvalue weighted by Crippen LogP contribution is 2.21. The minimum absolute atomic E-state index is 0.0281. The van der Waals surface area contributed by atoms with Crippen molar-refractivity contribution in [2.75, 3.05) is 67.0 Å². The molecule has 2 aromatic rings. The summed E-state index contributed by atoms with van der Waals surface area (Å²) in [4.78, 5) is 70.9. The number of nitrogens with zero attached hydrogens (tertiary/aromatic N) is 1. The topological polar surface area (TPSA) is 171 Å². The van der Waals surface area contributed by atoms with Gasteiger partial charge in [-0.05, 0) is 74.5 Å². The highest BCUT2D eigenvalue weighted by atomic mass is 16.7. The van der Waals surface area contributed by atoms with Gasteiger partial charge in [0.2, 0.25) is 17.7 Å². The first-order valence-electron chi connectivity index (χ1n) is 18.4. The van der Waals surface area contributed by atoms with Gasteiger partial charge < -0.3 is 39.3 Å². The molecule has 3 rings (SSSR count). The Bertz CT molecular complexity index is 1410. The highest BCUT2D eigenvalue weighted by Gasteiger charge is 2.39. The molecular formula is C39H56N4O10. The number of ether oxygens (including phenoxy) is 4. The number of likely N-dealkylation sites (tertiary alicyclic amines) is 1. The average molecular weight is 741 g/mol. The normalized spacial score (nSPS) is 14.4. The van der Waals surface area contributed by atoms with E-state index >= 15 is 0 Å². The fourth-order valence-electron chi connectivity index (χ4n) is 5.93. The quantitative estimate of drug-likeness (QED) is 0.102. The van der Waals surface area contributed by atoms with Gasteiger partial charge in [0.15, 0.2) is 0 Å². The van der Waals surface area contributed by atoms with Crippen molar-refractivity contribution in [1.82, 2.24) is 21.0 Å². The Kier molecular flexibility index (Phi) is 20.8. The molecule has 0 unspecified atom stereocenters. The molecule has 0 aliphatic carbocycles. The zero-order valence-electron chi connectivity index (χ0n) is 31.1. The van der Waals surface area contributed by atoms with E-state index in [9.17, 15) is 24.0 Å². The first-order chi connectivity index (χ1) is 25.8. The Morgan fingerprint density at radius 2 is 1.42 bits per heavy atom. The van der Waals surface area contributed by atoms with E-state index in [1.165, 1.54) is 17.6 Å². The first-order valence-corrected chi connectivity index (χ1v) is 18.4. The van der Waals surface area contributed by atoms with Crippen LogP contribution in [-0.2, 0) is 67.0 Å². The fraction of sp³-hybridized carbons (Fsp3) is 0.564. The standard InChI is InChI=1S/C39H56N4O10/c1-49-22-24-51-28-36(45)40-20-9-8-18-33(41-37(46)29-52-25-23-50-2)38(47)43-21-11-19-34(43)39(48)53-42-35(44)27-32-17-10-16-31(26-32)15-7-6-14-30-12-4-3-5-13-30/h3-5,10,12-13,16-17,26,33-34H,6-9,11,14-15,18-25,27-29H2,1-2H3,(H,40,45)(H,41,46)(H,42,44)/t33-,34-/m0/s1. The third-order valence-electron chi connectivity index (χ3n) is 8.66. The van der Waals surface area contributed by atoms with Crippen LogP contribution in [0.2, 0.25) is 0 Å². The summed E-state index contributed by atoms with van der Waals surface area (Å²) in [5.41, 5.74) is 5.51. The molecule has 1 heterocycles. The van der Waals surface area contributed by atoms with Crippen LogP contribution in [-0.4, -0.2) is 114 Å². The molecule has 2 atom stereocenters. The Morgan fingerprint density at radius 3 is 2.13 bits per heavy atom. The number of carbonyl (C=O) groups excluding carboxylic acids is 5. The number of benzene rings is 2. The summed E-state index contributed by atoms with van der Waals surface area (Å²) in [5.74, 6) is -2.41. The van der Waals surface area contributed by atoms with Crippen molar-refractivity contribution in [2.45, 2.75) is 76.3 Å². The summed E-state index contributed by atoms with van der Waals surface area (Å²) < 4.78 is 20.4. The number of hydrogen-bond donors (Lipinski definition) is 3. The van der Waals surface area contributed by atoms with Gasteiger partial charge in [-0.3, -0.25) is 19.2 Å². The van der Waals surface area contributed by atoms with Gasteiger partial charge in [-0.25, -0.2) is 4.79 Å². The molecule has 1 aliphatic heterocycles. The molecule has 1 aliphatic rings. The minimum atomic E-state index is -0.935. The van der Waals surface area contributed by atoms with Gasteiger partial charge in [0, 0.05) is 27.3 Å². The second-order valence-corrected chi connectivity index (χ2v) is 12.9. The van der Waals surface area contributed by atoms with Crippen LogP contribution in [0.1, 0.15) is 61.6 Å². The van der Waals surface area contributed by atoms with Crippen LogP contribution < -0.4 is 16.1 Å². The molecule has 0 radical (unpaired) electrons. The largest absolute Gasteiger partial charge is 0.382 e. The summed E-state index contributed by atoms with van der Waals surface area (Å²) in [5, 5.41) is 5.50. The molecule has 292 valence electrons. The molecule has 53 heavy (non-hydrogen) atoms. The van der Waals surface area contributed by atoms with Gasteiger partial charge in [0.25, 0.3) is 5.91 Å². The lowest BCUT2D eigenvalue weighted by molar-refractivity contribution is -0.164. The third kappa shape index (κ3) is 17.3. The lowest BCUT2D eigenvalue weighted by atomic mass is 10.0. The molecule has 0 aromatic heterocycles. The highest BCUT2D eigenvalue weighted by molar-refractivity contribution is 5.91. The third-order valence-corrected chi connectivity index (χ3v) is 8.66. The fourth-order valence-corrected chi connectivity index (χ4v) is 5.93. The predicted octanol–water partition coefficient (Wildman–Crippen LogP) is 2.46. The molecule has 0 bridgehead atoms. The van der Waals surface area contributed by atoms with Crippen molar-refractivity contribution in [1.29, 1.82) is 0 Å². The molecule has 3 N–H and O–H groups in total. The van der Waals surface area contributed by atoms with E-state index in [4.69, 9.17) is 23.8 Å². The number of amides is 4. The van der Waals surface area contributed by atoms with Gasteiger partial charge in [0.1, 0.15) is 25.3 Å². The summed E-state index contributed by atoms with van der Waals surface area (Å²) in [7, 11) is 3.07. The summed E-state index contributed by atoms with van der Waals surface area (Å²) in [6.07, 6.45) is 6.25. The summed E-state index contributed by atoms with van der Waals surface area (Å²) in [6.45, 7) is 1.53. The number of hydrogen-bond acceptors (Lipinski definition) is 10. The first kappa shape index (κ1) is 43.0. The minimum Gasteiger partial charge on any atom is -0.382 e. The lowest BCUT2D eigenvalue weighted by Crippen LogP contribution is -2.53. The van der Waals surface area contributed by atoms with E-state index in [-0.39, 0.29) is 38.6 Å². The molecule has 14 heteroatoms. The Balaban J connectivity index is 1.47. The maximum Gasteiger partial charge on any atom is 0.354 e. The van der Waals surface area contributed by atoms with E-state index in [1.54, 1.807) is 7.11 Å². The van der Waals surface area contributed by atoms with Crippen molar-refractivity contribution in [3.8, 4) is 0 Å². The molecule has 1 saturated heterocycles. The van der Waals surface area contributed by atoms with Crippen LogP contribution >= 0.6 is 0 Å². The molecular weight excluding hydrogens is 684 g/mol. The number of rotatable bonds is 25. The zero-order chi connectivity index (χ0) is 38.1. The lowest BCUT2D eigenvalue weighted by Gasteiger charge is -2.28. The number of hydroxylamine groups is 1. The number of carbonyl (C=O) groups is 5. The SMILES string of the molecule is COCCOCC(=O)NCCCC[C@H](NC(=O)COCCOC)C(=O)N1CCC[C@H]1C(=O)ONC(=O)Cc1cccc(CCCCc2ccccc2)c1. The molecule has 0 saturated carbocycles. The van der Waals surface area contributed by atoms with Crippen molar-refractivity contribution in [3.05, 3.63) is 71.3 Å². The Morgan fingerprint density at radius 1 is 0.755 bits per heavy atom. The second kappa shape index (κ2) is 25.6. The molecule has 14 nitrogen and oxygen atoms in total. The van der Waals surface area contributed by atoms with Crippen LogP contribution in [0.5, 0.6) is 0 Å². The van der Waals surface area contributed by atoms with Crippen LogP contribution in [0.4, 0.5) is 0 Å². The second-order valence-electron chi connectivity index (χ2n) is 12.9. The number of methoxy groups -OCH3 is 2. The van der Waals surface area contributed by atoms with Crippen molar-refractivity contribution in [3.63, 3.8) is 0 Å². The van der Waals surface area contributed by atoms with E-state index in [0.29, 0.717) is 58.6 Å². The van der Waals surface area contributed by atoms with Gasteiger partial charge in [-0.1, -0.05) is 54.6 Å². The Labute approximate surface area is 312 Å². The van der Waals surface area contributed by atoms with Gasteiger partial charge >= 0.3 is 5.97 Å². The van der Waals surface area contributed by atoms with Crippen LogP contribution in [0.3, 0.4) is 0 Å².